The average Bonchev–Trinajstić information content (AvgIpc) is 3.17. The third kappa shape index (κ3) is 2.72. The summed E-state index contributed by atoms with van der Waals surface area (Å²) in [5.41, 5.74) is 9.13. The van der Waals surface area contributed by atoms with Crippen molar-refractivity contribution < 1.29 is 24.1 Å². The van der Waals surface area contributed by atoms with Crippen molar-refractivity contribution in [2.24, 2.45) is 11.7 Å². The standard InChI is InChI=1S/C15H21FN6O4/c1-6(2)7(17)10(23)15(16)3-26-9(11(15)24)14(25)22-5-21-8-12(18)19-4-20-13(8)22/h4-7,9,11,14,24-25H,3,17H2,1-2H3,(H2,18,19,20)/t7-,9-,11+,14?,15+/m0/s1. The Bertz CT molecular complexity index is 830. The first kappa shape index (κ1) is 18.6. The van der Waals surface area contributed by atoms with Gasteiger partial charge in [0, 0.05) is 0 Å². The van der Waals surface area contributed by atoms with E-state index in [-0.39, 0.29) is 22.9 Å². The molecule has 0 spiro atoms. The van der Waals surface area contributed by atoms with Crippen LogP contribution in [0.3, 0.4) is 0 Å². The second kappa shape index (κ2) is 6.50. The molecule has 3 rings (SSSR count). The predicted molar refractivity (Wildman–Crippen MR) is 88.4 cm³/mol. The van der Waals surface area contributed by atoms with Crippen molar-refractivity contribution in [3.8, 4) is 0 Å². The highest BCUT2D eigenvalue weighted by Crippen LogP contribution is 2.36. The fourth-order valence-corrected chi connectivity index (χ4v) is 2.92. The van der Waals surface area contributed by atoms with E-state index in [1.807, 2.05) is 0 Å². The predicted octanol–water partition coefficient (Wildman–Crippen LogP) is -1.08. The summed E-state index contributed by atoms with van der Waals surface area (Å²) in [7, 11) is 0. The number of Topliss-reactive ketones (excluding diaryl/α,β-unsaturated/α-hetero) is 1. The molecule has 11 heteroatoms. The lowest BCUT2D eigenvalue weighted by molar-refractivity contribution is -0.139. The summed E-state index contributed by atoms with van der Waals surface area (Å²) in [4.78, 5) is 24.1. The van der Waals surface area contributed by atoms with Crippen molar-refractivity contribution in [3.05, 3.63) is 12.7 Å². The number of ketones is 1. The van der Waals surface area contributed by atoms with E-state index in [1.165, 1.54) is 17.2 Å². The Morgan fingerprint density at radius 1 is 1.46 bits per heavy atom. The Morgan fingerprint density at radius 3 is 2.81 bits per heavy atom. The van der Waals surface area contributed by atoms with E-state index in [2.05, 4.69) is 15.0 Å². The number of anilines is 1. The maximum absolute atomic E-state index is 15.2. The molecule has 3 heterocycles. The first-order valence-corrected chi connectivity index (χ1v) is 8.08. The number of aliphatic hydroxyl groups is 2. The van der Waals surface area contributed by atoms with Crippen molar-refractivity contribution in [3.63, 3.8) is 0 Å². The minimum Gasteiger partial charge on any atom is -0.386 e. The maximum atomic E-state index is 15.2. The number of carbonyl (C=O) groups excluding carboxylic acids is 1. The lowest BCUT2D eigenvalue weighted by atomic mass is 9.85. The van der Waals surface area contributed by atoms with Crippen molar-refractivity contribution in [2.75, 3.05) is 12.3 Å². The van der Waals surface area contributed by atoms with Crippen molar-refractivity contribution >= 4 is 22.8 Å². The van der Waals surface area contributed by atoms with Crippen LogP contribution in [0.15, 0.2) is 12.7 Å². The second-order valence-corrected chi connectivity index (χ2v) is 6.71. The number of rotatable bonds is 5. The zero-order valence-corrected chi connectivity index (χ0v) is 14.3. The third-order valence-corrected chi connectivity index (χ3v) is 4.66. The van der Waals surface area contributed by atoms with Crippen LogP contribution in [-0.4, -0.2) is 66.0 Å². The molecule has 6 N–H and O–H groups in total. The van der Waals surface area contributed by atoms with E-state index in [0.717, 1.165) is 0 Å². The van der Waals surface area contributed by atoms with Crippen molar-refractivity contribution in [1.82, 2.24) is 19.5 Å². The number of hydrogen-bond acceptors (Lipinski definition) is 9. The van der Waals surface area contributed by atoms with Crippen LogP contribution in [0, 0.1) is 5.92 Å². The first-order valence-electron chi connectivity index (χ1n) is 8.08. The van der Waals surface area contributed by atoms with Crippen LogP contribution in [-0.2, 0) is 9.53 Å². The zero-order chi connectivity index (χ0) is 19.2. The van der Waals surface area contributed by atoms with Gasteiger partial charge in [0.1, 0.15) is 24.1 Å². The van der Waals surface area contributed by atoms with Gasteiger partial charge in [-0.15, -0.1) is 0 Å². The SMILES string of the molecule is CC(C)[C@H](N)C(=O)[C@]1(F)CO[C@H](C(O)n2cnc3c(N)ncnc32)[C@H]1O. The van der Waals surface area contributed by atoms with Gasteiger partial charge in [0.2, 0.25) is 5.67 Å². The number of carbonyl (C=O) groups is 1. The monoisotopic (exact) mass is 368 g/mol. The zero-order valence-electron chi connectivity index (χ0n) is 14.3. The molecule has 2 aromatic rings. The van der Waals surface area contributed by atoms with E-state index >= 15 is 4.39 Å². The van der Waals surface area contributed by atoms with Crippen LogP contribution >= 0.6 is 0 Å². The van der Waals surface area contributed by atoms with Crippen LogP contribution in [0.5, 0.6) is 0 Å². The highest BCUT2D eigenvalue weighted by molar-refractivity contribution is 5.93. The number of imidazole rings is 1. The van der Waals surface area contributed by atoms with Crippen molar-refractivity contribution in [2.45, 2.75) is 44.0 Å². The lowest BCUT2D eigenvalue weighted by Crippen LogP contribution is -2.55. The van der Waals surface area contributed by atoms with Crippen LogP contribution in [0.4, 0.5) is 10.2 Å². The minimum atomic E-state index is -2.71. The molecule has 0 aliphatic carbocycles. The summed E-state index contributed by atoms with van der Waals surface area (Å²) in [5.74, 6) is -1.17. The number of ether oxygens (including phenoxy) is 1. The second-order valence-electron chi connectivity index (χ2n) is 6.71. The Labute approximate surface area is 148 Å². The molecule has 0 bridgehead atoms. The number of nitrogens with two attached hydrogens (primary N) is 2. The summed E-state index contributed by atoms with van der Waals surface area (Å²) < 4.78 is 21.5. The largest absolute Gasteiger partial charge is 0.386 e. The van der Waals surface area contributed by atoms with Gasteiger partial charge in [-0.1, -0.05) is 13.8 Å². The fraction of sp³-hybridized carbons (Fsp3) is 0.600. The van der Waals surface area contributed by atoms with Gasteiger partial charge in [-0.05, 0) is 5.92 Å². The topological polar surface area (TPSA) is 162 Å². The number of aliphatic hydroxyl groups excluding tert-OH is 2. The fourth-order valence-electron chi connectivity index (χ4n) is 2.92. The highest BCUT2D eigenvalue weighted by atomic mass is 19.1. The van der Waals surface area contributed by atoms with Gasteiger partial charge in [-0.3, -0.25) is 9.36 Å². The van der Waals surface area contributed by atoms with Crippen LogP contribution in [0.25, 0.3) is 11.2 Å². The molecular formula is C15H21FN6O4. The molecule has 1 saturated heterocycles. The molecule has 0 radical (unpaired) electrons. The highest BCUT2D eigenvalue weighted by Gasteiger charge is 2.58. The number of nitrogen functional groups attached to an aromatic ring is 1. The molecule has 10 nitrogen and oxygen atoms in total. The molecule has 142 valence electrons. The van der Waals surface area contributed by atoms with Crippen LogP contribution < -0.4 is 11.5 Å². The minimum absolute atomic E-state index is 0.103. The Balaban J connectivity index is 1.88. The number of alkyl halides is 1. The Hall–Kier alpha value is -2.21. The molecule has 0 amide bonds. The molecule has 1 aliphatic rings. The lowest BCUT2D eigenvalue weighted by Gasteiger charge is -2.28. The van der Waals surface area contributed by atoms with E-state index in [0.29, 0.717) is 0 Å². The first-order chi connectivity index (χ1) is 12.2. The maximum Gasteiger partial charge on any atom is 0.221 e. The van der Waals surface area contributed by atoms with Gasteiger partial charge in [-0.25, -0.2) is 19.3 Å². The van der Waals surface area contributed by atoms with Gasteiger partial charge in [0.25, 0.3) is 0 Å². The normalized spacial score (nSPS) is 28.6. The summed E-state index contributed by atoms with van der Waals surface area (Å²) in [6, 6.07) is -1.10. The molecule has 1 unspecified atom stereocenters. The summed E-state index contributed by atoms with van der Waals surface area (Å²) in [6.07, 6.45) is -2.48. The number of fused-ring (bicyclic) bond motifs is 1. The van der Waals surface area contributed by atoms with Crippen LogP contribution in [0.2, 0.25) is 0 Å². The van der Waals surface area contributed by atoms with Gasteiger partial charge >= 0.3 is 0 Å². The van der Waals surface area contributed by atoms with E-state index < -0.39 is 42.5 Å². The molecule has 5 atom stereocenters. The molecule has 1 fully saturated rings. The van der Waals surface area contributed by atoms with E-state index in [1.54, 1.807) is 13.8 Å². The van der Waals surface area contributed by atoms with Gasteiger partial charge in [0.05, 0.1) is 19.0 Å². The van der Waals surface area contributed by atoms with Gasteiger partial charge in [0.15, 0.2) is 23.5 Å². The molecule has 26 heavy (non-hydrogen) atoms. The smallest absolute Gasteiger partial charge is 0.221 e. The molecule has 2 aromatic heterocycles. The average molecular weight is 368 g/mol. The van der Waals surface area contributed by atoms with Crippen molar-refractivity contribution in [1.29, 1.82) is 0 Å². The number of hydrogen-bond donors (Lipinski definition) is 4. The molecular weight excluding hydrogens is 347 g/mol. The number of nitrogens with zero attached hydrogens (tertiary/aromatic N) is 4. The van der Waals surface area contributed by atoms with Gasteiger partial charge < -0.3 is 26.4 Å². The summed E-state index contributed by atoms with van der Waals surface area (Å²) in [5, 5.41) is 20.9. The van der Waals surface area contributed by atoms with Crippen LogP contribution in [0.1, 0.15) is 20.1 Å². The third-order valence-electron chi connectivity index (χ3n) is 4.66. The van der Waals surface area contributed by atoms with E-state index in [9.17, 15) is 15.0 Å². The van der Waals surface area contributed by atoms with E-state index in [4.69, 9.17) is 16.2 Å². The molecule has 0 aromatic carbocycles. The quantitative estimate of drug-likeness (QED) is 0.514. The number of halogens is 1. The summed E-state index contributed by atoms with van der Waals surface area (Å²) in [6.45, 7) is 2.63. The Morgan fingerprint density at radius 2 is 2.15 bits per heavy atom. The Kier molecular flexibility index (Phi) is 4.65. The van der Waals surface area contributed by atoms with Gasteiger partial charge in [-0.2, -0.15) is 0 Å². The molecule has 0 saturated carbocycles. The number of aromatic nitrogens is 4. The summed E-state index contributed by atoms with van der Waals surface area (Å²) >= 11 is 0. The molecule has 1 aliphatic heterocycles.